The van der Waals surface area contributed by atoms with Crippen LogP contribution < -0.4 is 3.51 Å². The van der Waals surface area contributed by atoms with Crippen molar-refractivity contribution in [2.45, 2.75) is 4.90 Å². The van der Waals surface area contributed by atoms with Crippen LogP contribution >= 0.6 is 11.8 Å². The standard InChI is InChI=1S/C8H7O2S.Na.2H2O.O.Sb/c9-8(10)6-11-7-4-2-1-3-5-7;;;;;/h1-4H,6H2,(H,9,10);;2*1H2;;/q;;;;;+2/p-2. The first kappa shape index (κ1) is 16.6. The van der Waals surface area contributed by atoms with Crippen molar-refractivity contribution in [3.05, 3.63) is 24.3 Å². The Hall–Kier alpha value is 0.578. The third-order valence-corrected chi connectivity index (χ3v) is 5.94. The fraction of sp³-hybridized carbons (Fsp3) is 0.125. The summed E-state index contributed by atoms with van der Waals surface area (Å²) in [6.45, 7) is 0. The SMILES string of the molecule is O=C(O)CSc1cccc[c]1[Sb](=[O])([OH])[OH].[Na]. The summed E-state index contributed by atoms with van der Waals surface area (Å²) in [5.41, 5.74) is 0. The van der Waals surface area contributed by atoms with Gasteiger partial charge < -0.3 is 0 Å². The molecule has 16 heavy (non-hydrogen) atoms. The monoisotopic (exact) mass is 361 g/mol. The molecule has 0 aliphatic carbocycles. The summed E-state index contributed by atoms with van der Waals surface area (Å²) in [6, 6.07) is 5.98. The van der Waals surface area contributed by atoms with Gasteiger partial charge in [0.2, 0.25) is 0 Å². The molecule has 0 fully saturated rings. The van der Waals surface area contributed by atoms with Gasteiger partial charge in [-0.3, -0.25) is 0 Å². The minimum Gasteiger partial charge on any atom is 0 e. The molecule has 0 aliphatic heterocycles. The maximum Gasteiger partial charge on any atom is 0 e. The van der Waals surface area contributed by atoms with E-state index in [4.69, 9.17) is 11.9 Å². The molecule has 0 bridgehead atoms. The van der Waals surface area contributed by atoms with Gasteiger partial charge in [-0.05, 0) is 0 Å². The average molecular weight is 362 g/mol. The summed E-state index contributed by atoms with van der Waals surface area (Å²) < 4.78 is 29.2. The van der Waals surface area contributed by atoms with Crippen LogP contribution in [0.2, 0.25) is 0 Å². The maximum atomic E-state index is 11.1. The van der Waals surface area contributed by atoms with E-state index < -0.39 is 25.6 Å². The van der Waals surface area contributed by atoms with E-state index in [9.17, 15) is 7.81 Å². The second kappa shape index (κ2) is 7.11. The first-order chi connectivity index (χ1) is 6.91. The molecule has 1 rings (SSSR count). The summed E-state index contributed by atoms with van der Waals surface area (Å²) in [6.07, 6.45) is 0. The topological polar surface area (TPSA) is 94.8 Å². The molecule has 0 spiro atoms. The second-order valence-electron chi connectivity index (χ2n) is 2.69. The Morgan fingerprint density at radius 1 is 1.31 bits per heavy atom. The molecule has 3 N–H and O–H groups in total. The van der Waals surface area contributed by atoms with Crippen LogP contribution in [0, 0.1) is 0 Å². The van der Waals surface area contributed by atoms with Crippen molar-refractivity contribution in [2.75, 3.05) is 5.75 Å². The number of carboxylic acid groups (broad SMARTS) is 1. The zero-order valence-electron chi connectivity index (χ0n) is 8.53. The molecular formula is C8H9NaO5SSb. The number of hydrogen-bond donors (Lipinski definition) is 3. The van der Waals surface area contributed by atoms with Crippen LogP contribution in [-0.2, 0) is 7.81 Å². The van der Waals surface area contributed by atoms with Crippen molar-refractivity contribution in [3.8, 4) is 0 Å². The van der Waals surface area contributed by atoms with Gasteiger partial charge >= 0.3 is 95.5 Å². The van der Waals surface area contributed by atoms with Gasteiger partial charge in [0, 0.05) is 29.6 Å². The molecule has 0 saturated heterocycles. The molecule has 0 heterocycles. The molecule has 0 unspecified atom stereocenters. The summed E-state index contributed by atoms with van der Waals surface area (Å²) in [5.74, 6) is -1.23. The minimum absolute atomic E-state index is 0. The summed E-state index contributed by atoms with van der Waals surface area (Å²) in [7, 11) is 0. The number of benzene rings is 1. The largest absolute Gasteiger partial charge is 0 e. The van der Waals surface area contributed by atoms with Gasteiger partial charge in [0.1, 0.15) is 0 Å². The third-order valence-electron chi connectivity index (χ3n) is 1.53. The Kier molecular flexibility index (Phi) is 7.37. The van der Waals surface area contributed by atoms with Crippen LogP contribution in [0.5, 0.6) is 0 Å². The normalized spacial score (nSPS) is 10.6. The predicted molar refractivity (Wildman–Crippen MR) is 61.1 cm³/mol. The van der Waals surface area contributed by atoms with Crippen molar-refractivity contribution >= 4 is 70.4 Å². The number of rotatable bonds is 4. The van der Waals surface area contributed by atoms with Crippen LogP contribution in [0.1, 0.15) is 0 Å². The van der Waals surface area contributed by atoms with Crippen molar-refractivity contribution in [1.82, 2.24) is 0 Å². The van der Waals surface area contributed by atoms with Crippen molar-refractivity contribution in [1.29, 1.82) is 0 Å². The van der Waals surface area contributed by atoms with E-state index in [-0.39, 0.29) is 38.8 Å². The molecule has 0 atom stereocenters. The van der Waals surface area contributed by atoms with E-state index in [2.05, 4.69) is 0 Å². The van der Waals surface area contributed by atoms with E-state index in [0.717, 1.165) is 11.8 Å². The molecule has 5 nitrogen and oxygen atoms in total. The quantitative estimate of drug-likeness (QED) is 0.472. The number of hydrogen-bond acceptors (Lipinski definition) is 3. The molecule has 1 radical (unpaired) electrons. The van der Waals surface area contributed by atoms with E-state index in [1.807, 2.05) is 0 Å². The van der Waals surface area contributed by atoms with Crippen LogP contribution in [-0.4, -0.2) is 72.8 Å². The minimum atomic E-state index is -5.24. The third kappa shape index (κ3) is 5.27. The van der Waals surface area contributed by atoms with Gasteiger partial charge in [-0.25, -0.2) is 0 Å². The summed E-state index contributed by atoms with van der Waals surface area (Å²) in [5, 5.41) is 8.46. The molecule has 0 saturated carbocycles. The van der Waals surface area contributed by atoms with Crippen molar-refractivity contribution < 1.29 is 19.7 Å². The Balaban J connectivity index is 0.00000225. The van der Waals surface area contributed by atoms with Crippen LogP contribution in [0.4, 0.5) is 0 Å². The van der Waals surface area contributed by atoms with Crippen LogP contribution in [0.3, 0.4) is 0 Å². The van der Waals surface area contributed by atoms with Gasteiger partial charge in [-0.2, -0.15) is 0 Å². The van der Waals surface area contributed by atoms with E-state index in [1.54, 1.807) is 6.07 Å². The Morgan fingerprint density at radius 2 is 1.88 bits per heavy atom. The molecule has 0 amide bonds. The Bertz CT molecular complexity index is 419. The number of carboxylic acids is 1. The van der Waals surface area contributed by atoms with Gasteiger partial charge in [0.05, 0.1) is 0 Å². The zero-order chi connectivity index (χ0) is 11.5. The molecule has 1 aromatic carbocycles. The summed E-state index contributed by atoms with van der Waals surface area (Å²) >= 11 is -4.33. The molecule has 83 valence electrons. The van der Waals surface area contributed by atoms with E-state index >= 15 is 0 Å². The van der Waals surface area contributed by atoms with Gasteiger partial charge in [0.25, 0.3) is 0 Å². The molecule has 0 aliphatic rings. The van der Waals surface area contributed by atoms with E-state index in [0.29, 0.717) is 4.90 Å². The fourth-order valence-corrected chi connectivity index (χ4v) is 4.81. The number of carbonyl (C=O) groups is 1. The fourth-order valence-electron chi connectivity index (χ4n) is 0.959. The van der Waals surface area contributed by atoms with Gasteiger partial charge in [-0.15, -0.1) is 0 Å². The van der Waals surface area contributed by atoms with Crippen LogP contribution in [0.15, 0.2) is 29.2 Å². The van der Waals surface area contributed by atoms with Gasteiger partial charge in [0.15, 0.2) is 0 Å². The average Bonchev–Trinajstić information content (AvgIpc) is 2.13. The predicted octanol–water partition coefficient (Wildman–Crippen LogP) is -0.957. The number of thioether (sulfide) groups is 1. The summed E-state index contributed by atoms with van der Waals surface area (Å²) in [4.78, 5) is 10.7. The molecule has 8 heteroatoms. The van der Waals surface area contributed by atoms with Crippen LogP contribution in [0.25, 0.3) is 0 Å². The van der Waals surface area contributed by atoms with Crippen molar-refractivity contribution in [2.24, 2.45) is 0 Å². The molecule has 1 aromatic rings. The van der Waals surface area contributed by atoms with Crippen molar-refractivity contribution in [3.63, 3.8) is 0 Å². The second-order valence-corrected chi connectivity index (χ2v) is 8.19. The Morgan fingerprint density at radius 3 is 2.38 bits per heavy atom. The first-order valence-electron chi connectivity index (χ1n) is 3.91. The first-order valence-corrected chi connectivity index (χ1v) is 9.50. The molecule has 0 aromatic heterocycles. The van der Waals surface area contributed by atoms with E-state index in [1.165, 1.54) is 18.2 Å². The van der Waals surface area contributed by atoms with Gasteiger partial charge in [-0.1, -0.05) is 0 Å². The Labute approximate surface area is 124 Å². The smallest absolute Gasteiger partial charge is 0 e. The maximum absolute atomic E-state index is 11.1. The zero-order valence-corrected chi connectivity index (χ0v) is 13.9. The number of aliphatic carboxylic acids is 1. The molecular weight excluding hydrogens is 353 g/mol.